The lowest BCUT2D eigenvalue weighted by Gasteiger charge is -2.09. The number of aromatic nitrogens is 2. The van der Waals surface area contributed by atoms with Crippen molar-refractivity contribution in [3.8, 4) is 22.3 Å². The second-order valence-corrected chi connectivity index (χ2v) is 8.27. The van der Waals surface area contributed by atoms with Crippen LogP contribution in [0.2, 0.25) is 0 Å². The van der Waals surface area contributed by atoms with E-state index in [2.05, 4.69) is 82.8 Å². The molecule has 0 unspecified atom stereocenters. The zero-order valence-electron chi connectivity index (χ0n) is 17.7. The van der Waals surface area contributed by atoms with Crippen LogP contribution in [0.3, 0.4) is 0 Å². The van der Waals surface area contributed by atoms with Gasteiger partial charge in [-0.25, -0.2) is 0 Å². The first kappa shape index (κ1) is 18.1. The van der Waals surface area contributed by atoms with E-state index in [4.69, 9.17) is 4.42 Å². The Hall–Kier alpha value is -4.50. The topological polar surface area (TPSA) is 38.9 Å². The predicted octanol–water partition coefficient (Wildman–Crippen LogP) is 8.02. The summed E-state index contributed by atoms with van der Waals surface area (Å²) in [6.07, 6.45) is 7.42. The van der Waals surface area contributed by atoms with Crippen LogP contribution in [-0.2, 0) is 0 Å². The van der Waals surface area contributed by atoms with E-state index in [1.807, 2.05) is 24.5 Å². The fraction of sp³-hybridized carbons (Fsp3) is 0. The number of rotatable bonds is 2. The fourth-order valence-electron chi connectivity index (χ4n) is 5.02. The van der Waals surface area contributed by atoms with Gasteiger partial charge in [0.1, 0.15) is 11.2 Å². The first-order valence-electron chi connectivity index (χ1n) is 11.0. The molecule has 0 aliphatic heterocycles. The normalized spacial score (nSPS) is 11.6. The van der Waals surface area contributed by atoms with Crippen LogP contribution in [0.5, 0.6) is 0 Å². The Kier molecular flexibility index (Phi) is 3.84. The van der Waals surface area contributed by atoms with Crippen molar-refractivity contribution in [1.29, 1.82) is 0 Å². The third-order valence-corrected chi connectivity index (χ3v) is 6.43. The quantitative estimate of drug-likeness (QED) is 0.283. The molecular formula is C30H18N2O. The molecule has 33 heavy (non-hydrogen) atoms. The van der Waals surface area contributed by atoms with Gasteiger partial charge < -0.3 is 4.42 Å². The van der Waals surface area contributed by atoms with Gasteiger partial charge in [0, 0.05) is 46.7 Å². The number of benzene rings is 4. The average molecular weight is 422 g/mol. The maximum atomic E-state index is 6.55. The summed E-state index contributed by atoms with van der Waals surface area (Å²) in [5.41, 5.74) is 6.19. The van der Waals surface area contributed by atoms with E-state index in [1.54, 1.807) is 12.4 Å². The highest BCUT2D eigenvalue weighted by molar-refractivity contribution is 6.29. The molecular weight excluding hydrogens is 404 g/mol. The molecule has 0 aliphatic carbocycles. The number of fused-ring (bicyclic) bond motifs is 7. The highest BCUT2D eigenvalue weighted by Gasteiger charge is 2.18. The number of hydrogen-bond acceptors (Lipinski definition) is 3. The van der Waals surface area contributed by atoms with Crippen molar-refractivity contribution in [1.82, 2.24) is 9.97 Å². The second-order valence-electron chi connectivity index (χ2n) is 8.27. The van der Waals surface area contributed by atoms with Gasteiger partial charge in [-0.2, -0.15) is 0 Å². The van der Waals surface area contributed by atoms with E-state index in [0.717, 1.165) is 44.2 Å². The zero-order valence-corrected chi connectivity index (χ0v) is 17.7. The largest absolute Gasteiger partial charge is 0.456 e. The highest BCUT2D eigenvalue weighted by atomic mass is 16.3. The van der Waals surface area contributed by atoms with Crippen LogP contribution >= 0.6 is 0 Å². The Bertz CT molecular complexity index is 1670. The van der Waals surface area contributed by atoms with Gasteiger partial charge in [-0.15, -0.1) is 0 Å². The van der Waals surface area contributed by atoms with Crippen molar-refractivity contribution in [3.63, 3.8) is 0 Å². The van der Waals surface area contributed by atoms with Crippen LogP contribution in [0.15, 0.2) is 114 Å². The van der Waals surface area contributed by atoms with E-state index in [0.29, 0.717) is 0 Å². The molecule has 0 spiro atoms. The van der Waals surface area contributed by atoms with Gasteiger partial charge in [0.2, 0.25) is 0 Å². The molecule has 7 aromatic rings. The van der Waals surface area contributed by atoms with Crippen LogP contribution in [0, 0.1) is 0 Å². The predicted molar refractivity (Wildman–Crippen MR) is 135 cm³/mol. The summed E-state index contributed by atoms with van der Waals surface area (Å²) in [5.74, 6) is 0. The molecule has 154 valence electrons. The molecule has 0 saturated heterocycles. The first-order chi connectivity index (χ1) is 16.4. The minimum Gasteiger partial charge on any atom is -0.456 e. The zero-order chi connectivity index (χ0) is 21.8. The van der Waals surface area contributed by atoms with Crippen molar-refractivity contribution in [2.75, 3.05) is 0 Å². The van der Waals surface area contributed by atoms with Gasteiger partial charge in [0.05, 0.1) is 0 Å². The summed E-state index contributed by atoms with van der Waals surface area (Å²) in [5, 5.41) is 7.07. The molecule has 0 saturated carbocycles. The van der Waals surface area contributed by atoms with Crippen LogP contribution in [0.25, 0.3) is 65.7 Å². The monoisotopic (exact) mass is 422 g/mol. The molecule has 0 bridgehead atoms. The van der Waals surface area contributed by atoms with E-state index < -0.39 is 0 Å². The number of furan rings is 1. The molecule has 3 heteroatoms. The van der Waals surface area contributed by atoms with E-state index in [9.17, 15) is 0 Å². The molecule has 3 nitrogen and oxygen atoms in total. The van der Waals surface area contributed by atoms with Crippen molar-refractivity contribution in [3.05, 3.63) is 110 Å². The molecule has 3 aromatic heterocycles. The van der Waals surface area contributed by atoms with Gasteiger partial charge in [-0.3, -0.25) is 9.97 Å². The van der Waals surface area contributed by atoms with Crippen LogP contribution in [0.4, 0.5) is 0 Å². The first-order valence-corrected chi connectivity index (χ1v) is 11.0. The Morgan fingerprint density at radius 1 is 0.485 bits per heavy atom. The van der Waals surface area contributed by atoms with Crippen LogP contribution in [-0.4, -0.2) is 9.97 Å². The van der Waals surface area contributed by atoms with Crippen molar-refractivity contribution < 1.29 is 4.42 Å². The third-order valence-electron chi connectivity index (χ3n) is 6.43. The van der Waals surface area contributed by atoms with Crippen LogP contribution < -0.4 is 0 Å². The van der Waals surface area contributed by atoms with Gasteiger partial charge >= 0.3 is 0 Å². The maximum absolute atomic E-state index is 6.55. The molecule has 0 aliphatic rings. The Labute approximate surface area is 190 Å². The molecule has 0 atom stereocenters. The standard InChI is InChI=1S/C30H18N2O/c1-3-11-23-21(9-1)25(19-7-5-13-31-17-19)15-27-29(23)30-24-12-4-2-10-22(24)26(16-28(30)33-27)20-8-6-14-32-18-20/h1-18H. The molecule has 4 aromatic carbocycles. The Balaban J connectivity index is 1.67. The van der Waals surface area contributed by atoms with Crippen molar-refractivity contribution >= 4 is 43.5 Å². The maximum Gasteiger partial charge on any atom is 0.136 e. The van der Waals surface area contributed by atoms with E-state index in [-0.39, 0.29) is 0 Å². The summed E-state index contributed by atoms with van der Waals surface area (Å²) in [4.78, 5) is 8.68. The molecule has 0 N–H and O–H groups in total. The lowest BCUT2D eigenvalue weighted by Crippen LogP contribution is -1.85. The summed E-state index contributed by atoms with van der Waals surface area (Å²) < 4.78 is 6.55. The van der Waals surface area contributed by atoms with E-state index >= 15 is 0 Å². The Morgan fingerprint density at radius 3 is 1.36 bits per heavy atom. The number of nitrogens with zero attached hydrogens (tertiary/aromatic N) is 2. The molecule has 7 rings (SSSR count). The summed E-state index contributed by atoms with van der Waals surface area (Å²) in [6.45, 7) is 0. The fourth-order valence-corrected chi connectivity index (χ4v) is 5.02. The van der Waals surface area contributed by atoms with Crippen LogP contribution in [0.1, 0.15) is 0 Å². The van der Waals surface area contributed by atoms with Gasteiger partial charge in [-0.05, 0) is 56.9 Å². The number of pyridine rings is 2. The van der Waals surface area contributed by atoms with E-state index in [1.165, 1.54) is 21.5 Å². The number of hydrogen-bond donors (Lipinski definition) is 0. The molecule has 0 radical (unpaired) electrons. The van der Waals surface area contributed by atoms with Crippen molar-refractivity contribution in [2.24, 2.45) is 0 Å². The van der Waals surface area contributed by atoms with Gasteiger partial charge in [0.15, 0.2) is 0 Å². The SMILES string of the molecule is c1cncc(-c2cc3oc4cc(-c5cccnc5)c5ccccc5c4c3c3ccccc23)c1. The van der Waals surface area contributed by atoms with Gasteiger partial charge in [0.25, 0.3) is 0 Å². The lowest BCUT2D eigenvalue weighted by atomic mass is 9.92. The second kappa shape index (κ2) is 7.01. The van der Waals surface area contributed by atoms with Crippen molar-refractivity contribution in [2.45, 2.75) is 0 Å². The minimum absolute atomic E-state index is 0.885. The third kappa shape index (κ3) is 2.69. The Morgan fingerprint density at radius 2 is 0.939 bits per heavy atom. The summed E-state index contributed by atoms with van der Waals surface area (Å²) in [7, 11) is 0. The summed E-state index contributed by atoms with van der Waals surface area (Å²) >= 11 is 0. The lowest BCUT2D eigenvalue weighted by molar-refractivity contribution is 0.670. The molecule has 3 heterocycles. The smallest absolute Gasteiger partial charge is 0.136 e. The van der Waals surface area contributed by atoms with Gasteiger partial charge in [-0.1, -0.05) is 60.7 Å². The molecule has 0 amide bonds. The summed E-state index contributed by atoms with van der Waals surface area (Å²) in [6, 6.07) is 29.6. The minimum atomic E-state index is 0.885. The highest BCUT2D eigenvalue weighted by Crippen LogP contribution is 2.44. The molecule has 0 fully saturated rings. The average Bonchev–Trinajstić information content (AvgIpc) is 3.28.